The molecule has 1 aromatic carbocycles. The van der Waals surface area contributed by atoms with Crippen LogP contribution in [0.3, 0.4) is 0 Å². The van der Waals surface area contributed by atoms with E-state index in [1.165, 1.54) is 25.8 Å². The first kappa shape index (κ1) is 25.8. The molecule has 194 valence electrons. The highest BCUT2D eigenvalue weighted by molar-refractivity contribution is 5.78. The number of piperazine rings is 1. The number of rotatable bonds is 8. The van der Waals surface area contributed by atoms with Crippen molar-refractivity contribution in [2.45, 2.75) is 26.8 Å². The number of nitrogens with zero attached hydrogens (tertiary/aromatic N) is 6. The fraction of sp³-hybridized carbons (Fsp3) is 0.385. The van der Waals surface area contributed by atoms with Crippen molar-refractivity contribution in [1.82, 2.24) is 24.3 Å². The molecule has 1 aliphatic rings. The van der Waals surface area contributed by atoms with Gasteiger partial charge in [0.05, 0.1) is 20.3 Å². The summed E-state index contributed by atoms with van der Waals surface area (Å²) in [7, 11) is 2.97. The standard InChI is InChI=1S/C26H31N7O4/c1-17-13-28-26(29-20-11-21(34)24(37-4)22(12-20)36-3)30-25(17)33-14-18(2)19(16-33)15-31-7-9-32(10-8-31)23(35)5-6-27/h11-14,16,34H,5,7-10,15H2,1-4H3,(H,28,29,30). The van der Waals surface area contributed by atoms with E-state index in [9.17, 15) is 9.90 Å². The Labute approximate surface area is 215 Å². The maximum atomic E-state index is 12.0. The fourth-order valence-corrected chi connectivity index (χ4v) is 4.36. The number of hydrogen-bond acceptors (Lipinski definition) is 9. The van der Waals surface area contributed by atoms with Crippen molar-refractivity contribution in [3.05, 3.63) is 47.4 Å². The molecule has 3 heterocycles. The molecule has 3 aromatic rings. The van der Waals surface area contributed by atoms with E-state index >= 15 is 0 Å². The van der Waals surface area contributed by atoms with Gasteiger partial charge in [0.1, 0.15) is 12.2 Å². The maximum Gasteiger partial charge on any atom is 0.236 e. The monoisotopic (exact) mass is 505 g/mol. The molecule has 1 amide bonds. The number of hydrogen-bond donors (Lipinski definition) is 2. The zero-order chi connectivity index (χ0) is 26.5. The van der Waals surface area contributed by atoms with Crippen LogP contribution in [0.2, 0.25) is 0 Å². The summed E-state index contributed by atoms with van der Waals surface area (Å²) in [5.41, 5.74) is 3.78. The van der Waals surface area contributed by atoms with Gasteiger partial charge in [-0.2, -0.15) is 10.2 Å². The third kappa shape index (κ3) is 5.76. The lowest BCUT2D eigenvalue weighted by Crippen LogP contribution is -2.48. The molecule has 0 bridgehead atoms. The van der Waals surface area contributed by atoms with Gasteiger partial charge in [0.15, 0.2) is 11.5 Å². The second-order valence-electron chi connectivity index (χ2n) is 8.92. The number of phenols is 1. The van der Waals surface area contributed by atoms with Crippen LogP contribution in [0.1, 0.15) is 23.1 Å². The molecule has 1 fully saturated rings. The highest BCUT2D eigenvalue weighted by atomic mass is 16.5. The molecule has 37 heavy (non-hydrogen) atoms. The number of aryl methyl sites for hydroxylation is 2. The SMILES string of the molecule is COc1cc(Nc2ncc(C)c(-n3cc(C)c(CN4CCN(C(=O)CC#N)CC4)c3)n2)cc(O)c1OC. The summed E-state index contributed by atoms with van der Waals surface area (Å²) >= 11 is 0. The van der Waals surface area contributed by atoms with Gasteiger partial charge in [-0.3, -0.25) is 9.69 Å². The zero-order valence-electron chi connectivity index (χ0n) is 21.5. The summed E-state index contributed by atoms with van der Waals surface area (Å²) in [4.78, 5) is 25.2. The molecule has 11 nitrogen and oxygen atoms in total. The molecule has 0 saturated carbocycles. The first-order valence-electron chi connectivity index (χ1n) is 11.9. The molecule has 0 spiro atoms. The van der Waals surface area contributed by atoms with Gasteiger partial charge in [-0.1, -0.05) is 0 Å². The first-order chi connectivity index (χ1) is 17.8. The number of carbonyl (C=O) groups is 1. The predicted molar refractivity (Wildman–Crippen MR) is 137 cm³/mol. The topological polar surface area (TPSA) is 129 Å². The Balaban J connectivity index is 1.49. The van der Waals surface area contributed by atoms with E-state index in [1.807, 2.05) is 23.8 Å². The Bertz CT molecular complexity index is 1320. The van der Waals surface area contributed by atoms with Gasteiger partial charge in [-0.05, 0) is 25.0 Å². The Morgan fingerprint density at radius 2 is 1.89 bits per heavy atom. The number of benzene rings is 1. The van der Waals surface area contributed by atoms with Crippen molar-refractivity contribution >= 4 is 17.5 Å². The average molecular weight is 506 g/mol. The van der Waals surface area contributed by atoms with E-state index in [1.54, 1.807) is 17.2 Å². The van der Waals surface area contributed by atoms with Crippen LogP contribution in [-0.2, 0) is 11.3 Å². The molecule has 1 saturated heterocycles. The minimum Gasteiger partial charge on any atom is -0.504 e. The molecular formula is C26H31N7O4. The van der Waals surface area contributed by atoms with E-state index in [2.05, 4.69) is 28.3 Å². The number of aromatic hydroxyl groups is 1. The van der Waals surface area contributed by atoms with Crippen molar-refractivity contribution < 1.29 is 19.4 Å². The maximum absolute atomic E-state index is 12.0. The fourth-order valence-electron chi connectivity index (χ4n) is 4.36. The summed E-state index contributed by atoms with van der Waals surface area (Å²) in [6, 6.07) is 5.16. The average Bonchev–Trinajstić information content (AvgIpc) is 3.25. The van der Waals surface area contributed by atoms with Crippen molar-refractivity contribution in [2.24, 2.45) is 0 Å². The summed E-state index contributed by atoms with van der Waals surface area (Å²) in [5.74, 6) is 1.60. The van der Waals surface area contributed by atoms with Gasteiger partial charge in [0.2, 0.25) is 17.6 Å². The van der Waals surface area contributed by atoms with Crippen LogP contribution in [0, 0.1) is 25.2 Å². The molecule has 2 aromatic heterocycles. The molecule has 2 N–H and O–H groups in total. The normalized spacial score (nSPS) is 13.8. The second-order valence-corrected chi connectivity index (χ2v) is 8.92. The van der Waals surface area contributed by atoms with Crippen LogP contribution in [0.25, 0.3) is 5.82 Å². The Morgan fingerprint density at radius 1 is 1.14 bits per heavy atom. The number of phenolic OH excluding ortho intramolecular Hbond substituents is 1. The zero-order valence-corrected chi connectivity index (χ0v) is 21.5. The van der Waals surface area contributed by atoms with Crippen LogP contribution in [-0.4, -0.2) is 75.7 Å². The Kier molecular flexibility index (Phi) is 7.79. The van der Waals surface area contributed by atoms with Crippen molar-refractivity contribution in [3.8, 4) is 29.1 Å². The lowest BCUT2D eigenvalue weighted by Gasteiger charge is -2.34. The highest BCUT2D eigenvalue weighted by Gasteiger charge is 2.22. The second kappa shape index (κ2) is 11.2. The van der Waals surface area contributed by atoms with Gasteiger partial charge < -0.3 is 29.4 Å². The number of amides is 1. The number of nitrogens with one attached hydrogen (secondary N) is 1. The molecule has 11 heteroatoms. The van der Waals surface area contributed by atoms with Gasteiger partial charge >= 0.3 is 0 Å². The summed E-state index contributed by atoms with van der Waals surface area (Å²) in [5, 5.41) is 22.2. The number of anilines is 2. The van der Waals surface area contributed by atoms with Crippen LogP contribution in [0.15, 0.2) is 30.7 Å². The van der Waals surface area contributed by atoms with Gasteiger partial charge in [0, 0.05) is 74.7 Å². The molecule has 0 aliphatic carbocycles. The number of nitriles is 1. The third-order valence-corrected chi connectivity index (χ3v) is 6.39. The van der Waals surface area contributed by atoms with E-state index < -0.39 is 0 Å². The largest absolute Gasteiger partial charge is 0.504 e. The quantitative estimate of drug-likeness (QED) is 0.475. The van der Waals surface area contributed by atoms with Crippen LogP contribution >= 0.6 is 0 Å². The highest BCUT2D eigenvalue weighted by Crippen LogP contribution is 2.39. The van der Waals surface area contributed by atoms with Crippen molar-refractivity contribution in [2.75, 3.05) is 45.7 Å². The Morgan fingerprint density at radius 3 is 2.57 bits per heavy atom. The lowest BCUT2D eigenvalue weighted by molar-refractivity contribution is -0.131. The minimum atomic E-state index is -0.101. The number of ether oxygens (including phenoxy) is 2. The smallest absolute Gasteiger partial charge is 0.236 e. The summed E-state index contributed by atoms with van der Waals surface area (Å²) in [6.45, 7) is 7.58. The lowest BCUT2D eigenvalue weighted by atomic mass is 10.2. The van der Waals surface area contributed by atoms with Gasteiger partial charge in [0.25, 0.3) is 0 Å². The number of methoxy groups -OCH3 is 2. The van der Waals surface area contributed by atoms with E-state index in [0.717, 1.165) is 36.6 Å². The van der Waals surface area contributed by atoms with Crippen LogP contribution in [0.5, 0.6) is 17.2 Å². The van der Waals surface area contributed by atoms with E-state index in [-0.39, 0.29) is 23.8 Å². The molecule has 0 radical (unpaired) electrons. The molecule has 0 atom stereocenters. The Hall–Kier alpha value is -4.30. The summed E-state index contributed by atoms with van der Waals surface area (Å²) in [6.07, 6.45) is 5.80. The minimum absolute atomic E-state index is 0.0578. The third-order valence-electron chi connectivity index (χ3n) is 6.39. The molecular weight excluding hydrogens is 474 g/mol. The summed E-state index contributed by atoms with van der Waals surface area (Å²) < 4.78 is 12.5. The van der Waals surface area contributed by atoms with E-state index in [4.69, 9.17) is 19.7 Å². The number of carbonyl (C=O) groups excluding carboxylic acids is 1. The molecule has 0 unspecified atom stereocenters. The van der Waals surface area contributed by atoms with E-state index in [0.29, 0.717) is 30.5 Å². The first-order valence-corrected chi connectivity index (χ1v) is 11.9. The van der Waals surface area contributed by atoms with Gasteiger partial charge in [-0.25, -0.2) is 4.98 Å². The molecule has 4 rings (SSSR count). The van der Waals surface area contributed by atoms with Crippen molar-refractivity contribution in [1.29, 1.82) is 5.26 Å². The number of aromatic nitrogens is 3. The van der Waals surface area contributed by atoms with Gasteiger partial charge in [-0.15, -0.1) is 0 Å². The predicted octanol–water partition coefficient (Wildman–Crippen LogP) is 2.91. The van der Waals surface area contributed by atoms with Crippen molar-refractivity contribution in [3.63, 3.8) is 0 Å². The molecule has 1 aliphatic heterocycles. The van der Waals surface area contributed by atoms with Crippen LogP contribution in [0.4, 0.5) is 11.6 Å². The van der Waals surface area contributed by atoms with Crippen LogP contribution < -0.4 is 14.8 Å².